The molecule has 24 heavy (non-hydrogen) atoms. The Morgan fingerprint density at radius 3 is 3.00 bits per heavy atom. The third-order valence-corrected chi connectivity index (χ3v) is 3.90. The van der Waals surface area contributed by atoms with E-state index < -0.39 is 12.1 Å². The topological polar surface area (TPSA) is 98.7 Å². The van der Waals surface area contributed by atoms with Crippen LogP contribution < -0.4 is 10.2 Å². The molecule has 1 aromatic heterocycles. The average molecular weight is 339 g/mol. The molecule has 132 valence electrons. The van der Waals surface area contributed by atoms with E-state index in [1.165, 1.54) is 11.2 Å². The van der Waals surface area contributed by atoms with Crippen LogP contribution in [-0.2, 0) is 4.79 Å². The molecular weight excluding hydrogens is 317 g/mol. The number of carbonyl (C=O) groups excluding carboxylic acids is 1. The largest absolute Gasteiger partial charge is 0.481 e. The van der Waals surface area contributed by atoms with Gasteiger partial charge >= 0.3 is 12.0 Å². The molecule has 2 amide bonds. The van der Waals surface area contributed by atoms with Crippen molar-refractivity contribution in [2.45, 2.75) is 31.5 Å². The van der Waals surface area contributed by atoms with Crippen molar-refractivity contribution in [3.05, 3.63) is 18.6 Å². The minimum Gasteiger partial charge on any atom is -0.481 e. The second-order valence-electron chi connectivity index (χ2n) is 5.82. The van der Waals surface area contributed by atoms with Crippen LogP contribution in [0.3, 0.4) is 0 Å². The number of hydrogen-bond acceptors (Lipinski definition) is 5. The standard InChI is InChI=1S/C15H22FN5O3/c1-20(15(24)18-5-2-3-14(22)23)9-12-7-11(16)8-21(12)13-4-6-17-10-19-13/h4,6,10-12H,2-3,5,7-9H2,1H3,(H,18,24)(H,22,23)/t11-,12-/m0/s1. The van der Waals surface area contributed by atoms with Crippen LogP contribution in [0.2, 0.25) is 0 Å². The number of halogens is 1. The molecule has 1 fully saturated rings. The predicted molar refractivity (Wildman–Crippen MR) is 85.6 cm³/mol. The van der Waals surface area contributed by atoms with Crippen LogP contribution in [0.25, 0.3) is 0 Å². The number of likely N-dealkylation sites (N-methyl/N-ethyl adjacent to an activating group) is 1. The molecule has 2 atom stereocenters. The molecular formula is C15H22FN5O3. The molecule has 0 saturated carbocycles. The number of aromatic nitrogens is 2. The van der Waals surface area contributed by atoms with Gasteiger partial charge in [-0.1, -0.05) is 0 Å². The van der Waals surface area contributed by atoms with Crippen LogP contribution in [0.15, 0.2) is 18.6 Å². The Bertz CT molecular complexity index is 559. The van der Waals surface area contributed by atoms with Crippen LogP contribution in [0.1, 0.15) is 19.3 Å². The van der Waals surface area contributed by atoms with Gasteiger partial charge in [0, 0.05) is 39.2 Å². The lowest BCUT2D eigenvalue weighted by Gasteiger charge is -2.29. The summed E-state index contributed by atoms with van der Waals surface area (Å²) in [6.45, 7) is 0.895. The molecule has 2 heterocycles. The molecule has 1 aliphatic heterocycles. The van der Waals surface area contributed by atoms with Gasteiger partial charge in [-0.2, -0.15) is 0 Å². The lowest BCUT2D eigenvalue weighted by molar-refractivity contribution is -0.137. The molecule has 0 bridgehead atoms. The van der Waals surface area contributed by atoms with Crippen molar-refractivity contribution >= 4 is 17.8 Å². The minimum absolute atomic E-state index is 0.0115. The highest BCUT2D eigenvalue weighted by molar-refractivity contribution is 5.74. The Morgan fingerprint density at radius 1 is 1.54 bits per heavy atom. The van der Waals surface area contributed by atoms with Gasteiger partial charge in [0.2, 0.25) is 0 Å². The molecule has 1 aliphatic rings. The lowest BCUT2D eigenvalue weighted by Crippen LogP contribution is -2.45. The van der Waals surface area contributed by atoms with Gasteiger partial charge in [-0.3, -0.25) is 4.79 Å². The van der Waals surface area contributed by atoms with Crippen molar-refractivity contribution < 1.29 is 19.1 Å². The maximum absolute atomic E-state index is 13.8. The summed E-state index contributed by atoms with van der Waals surface area (Å²) < 4.78 is 13.8. The third kappa shape index (κ3) is 5.04. The zero-order chi connectivity index (χ0) is 17.5. The summed E-state index contributed by atoms with van der Waals surface area (Å²) in [4.78, 5) is 33.8. The van der Waals surface area contributed by atoms with Crippen molar-refractivity contribution in [3.8, 4) is 0 Å². The Hall–Kier alpha value is -2.45. The normalized spacial score (nSPS) is 20.0. The molecule has 0 aliphatic carbocycles. The number of carboxylic acid groups (broad SMARTS) is 1. The first kappa shape index (κ1) is 17.9. The average Bonchev–Trinajstić information content (AvgIpc) is 2.92. The number of anilines is 1. The first-order chi connectivity index (χ1) is 11.5. The van der Waals surface area contributed by atoms with E-state index in [0.29, 0.717) is 31.7 Å². The number of aliphatic carboxylic acids is 1. The number of alkyl halides is 1. The van der Waals surface area contributed by atoms with Crippen LogP contribution in [0, 0.1) is 0 Å². The number of carbonyl (C=O) groups is 2. The number of nitrogens with zero attached hydrogens (tertiary/aromatic N) is 4. The number of nitrogens with one attached hydrogen (secondary N) is 1. The van der Waals surface area contributed by atoms with Gasteiger partial charge < -0.3 is 20.2 Å². The summed E-state index contributed by atoms with van der Waals surface area (Å²) >= 11 is 0. The van der Waals surface area contributed by atoms with Gasteiger partial charge in [-0.05, 0) is 12.5 Å². The Balaban J connectivity index is 1.86. The van der Waals surface area contributed by atoms with Gasteiger partial charge in [-0.25, -0.2) is 19.2 Å². The zero-order valence-electron chi connectivity index (χ0n) is 13.6. The lowest BCUT2D eigenvalue weighted by atomic mass is 10.2. The summed E-state index contributed by atoms with van der Waals surface area (Å²) in [6.07, 6.45) is 2.77. The molecule has 9 heteroatoms. The van der Waals surface area contributed by atoms with E-state index >= 15 is 0 Å². The smallest absolute Gasteiger partial charge is 0.317 e. The van der Waals surface area contributed by atoms with E-state index in [0.717, 1.165) is 0 Å². The summed E-state index contributed by atoms with van der Waals surface area (Å²) in [5.74, 6) is -0.247. The van der Waals surface area contributed by atoms with Crippen LogP contribution in [0.5, 0.6) is 0 Å². The molecule has 2 rings (SSSR count). The highest BCUT2D eigenvalue weighted by atomic mass is 19.1. The van der Waals surface area contributed by atoms with Crippen LogP contribution in [0.4, 0.5) is 15.0 Å². The minimum atomic E-state index is -0.961. The fourth-order valence-electron chi connectivity index (χ4n) is 2.74. The summed E-state index contributed by atoms with van der Waals surface area (Å²) in [6, 6.07) is 1.26. The molecule has 0 spiro atoms. The Kier molecular flexibility index (Phi) is 6.28. The molecule has 1 aromatic rings. The van der Waals surface area contributed by atoms with Crippen molar-refractivity contribution in [2.75, 3.05) is 31.6 Å². The first-order valence-corrected chi connectivity index (χ1v) is 7.85. The molecule has 0 radical (unpaired) electrons. The van der Waals surface area contributed by atoms with E-state index in [2.05, 4.69) is 15.3 Å². The van der Waals surface area contributed by atoms with Gasteiger partial charge in [-0.15, -0.1) is 0 Å². The maximum atomic E-state index is 13.8. The number of carboxylic acids is 1. The highest BCUT2D eigenvalue weighted by Crippen LogP contribution is 2.25. The molecule has 0 aromatic carbocycles. The number of hydrogen-bond donors (Lipinski definition) is 2. The van der Waals surface area contributed by atoms with E-state index in [1.54, 1.807) is 19.3 Å². The summed E-state index contributed by atoms with van der Waals surface area (Å²) in [7, 11) is 1.64. The van der Waals surface area contributed by atoms with E-state index in [9.17, 15) is 14.0 Å². The maximum Gasteiger partial charge on any atom is 0.317 e. The van der Waals surface area contributed by atoms with Gasteiger partial charge in [0.15, 0.2) is 0 Å². The Labute approximate surface area is 139 Å². The van der Waals surface area contributed by atoms with Gasteiger partial charge in [0.05, 0.1) is 12.6 Å². The summed E-state index contributed by atoms with van der Waals surface area (Å²) in [5.41, 5.74) is 0. The monoisotopic (exact) mass is 339 g/mol. The van der Waals surface area contributed by atoms with Crippen molar-refractivity contribution in [1.82, 2.24) is 20.2 Å². The van der Waals surface area contributed by atoms with Crippen LogP contribution in [-0.4, -0.2) is 70.9 Å². The summed E-state index contributed by atoms with van der Waals surface area (Å²) in [5, 5.41) is 11.2. The zero-order valence-corrected chi connectivity index (χ0v) is 13.6. The number of rotatable bonds is 7. The second-order valence-corrected chi connectivity index (χ2v) is 5.82. The third-order valence-electron chi connectivity index (χ3n) is 3.90. The van der Waals surface area contributed by atoms with Crippen molar-refractivity contribution in [1.29, 1.82) is 0 Å². The Morgan fingerprint density at radius 2 is 2.33 bits per heavy atom. The fourth-order valence-corrected chi connectivity index (χ4v) is 2.74. The number of urea groups is 1. The quantitative estimate of drug-likeness (QED) is 0.716. The van der Waals surface area contributed by atoms with Crippen molar-refractivity contribution in [3.63, 3.8) is 0 Å². The number of amides is 2. The van der Waals surface area contributed by atoms with Gasteiger partial charge in [0.1, 0.15) is 18.3 Å². The second kappa shape index (κ2) is 8.42. The highest BCUT2D eigenvalue weighted by Gasteiger charge is 2.34. The molecule has 8 nitrogen and oxygen atoms in total. The van der Waals surface area contributed by atoms with Crippen LogP contribution >= 0.6 is 0 Å². The molecule has 0 unspecified atom stereocenters. The van der Waals surface area contributed by atoms with Crippen molar-refractivity contribution in [2.24, 2.45) is 0 Å². The van der Waals surface area contributed by atoms with Gasteiger partial charge in [0.25, 0.3) is 0 Å². The van der Waals surface area contributed by atoms with E-state index in [-0.39, 0.29) is 25.0 Å². The molecule has 2 N–H and O–H groups in total. The molecule has 1 saturated heterocycles. The SMILES string of the molecule is CN(C[C@@H]1C[C@H](F)CN1c1ccncn1)C(=O)NCCCC(=O)O. The predicted octanol–water partition coefficient (Wildman–Crippen LogP) is 0.900. The fraction of sp³-hybridized carbons (Fsp3) is 0.600. The van der Waals surface area contributed by atoms with E-state index in [4.69, 9.17) is 5.11 Å². The first-order valence-electron chi connectivity index (χ1n) is 7.85. The van der Waals surface area contributed by atoms with E-state index in [1.807, 2.05) is 4.90 Å².